The number of hydrogen-bond donors (Lipinski definition) is 2. The predicted molar refractivity (Wildman–Crippen MR) is 86.0 cm³/mol. The lowest BCUT2D eigenvalue weighted by atomic mass is 10.2. The van der Waals surface area contributed by atoms with Gasteiger partial charge in [-0.1, -0.05) is 0 Å². The van der Waals surface area contributed by atoms with Crippen LogP contribution >= 0.6 is 27.3 Å². The Morgan fingerprint density at radius 2 is 2.33 bits per heavy atom. The summed E-state index contributed by atoms with van der Waals surface area (Å²) in [5.41, 5.74) is 0.878. The van der Waals surface area contributed by atoms with E-state index in [-0.39, 0.29) is 10.1 Å². The van der Waals surface area contributed by atoms with Crippen LogP contribution < -0.4 is 10.6 Å². The van der Waals surface area contributed by atoms with Gasteiger partial charge in [0, 0.05) is 26.2 Å². The molecule has 0 saturated carbocycles. The van der Waals surface area contributed by atoms with Crippen molar-refractivity contribution in [3.05, 3.63) is 15.4 Å². The molecule has 2 rings (SSSR count). The first-order valence-electron chi connectivity index (χ1n) is 6.64. The molecule has 118 valence electrons. The van der Waals surface area contributed by atoms with E-state index in [4.69, 9.17) is 0 Å². The molecule has 21 heavy (non-hydrogen) atoms. The highest BCUT2D eigenvalue weighted by Crippen LogP contribution is 2.33. The first-order valence-corrected chi connectivity index (χ1v) is 9.69. The van der Waals surface area contributed by atoms with Crippen LogP contribution in [0.2, 0.25) is 0 Å². The molecule has 1 amide bonds. The van der Waals surface area contributed by atoms with Crippen LogP contribution in [0.25, 0.3) is 0 Å². The molecule has 1 saturated heterocycles. The van der Waals surface area contributed by atoms with Gasteiger partial charge < -0.3 is 10.6 Å². The van der Waals surface area contributed by atoms with Crippen LogP contribution in [0.15, 0.2) is 14.1 Å². The second-order valence-electron chi connectivity index (χ2n) is 4.75. The van der Waals surface area contributed by atoms with Crippen LogP contribution in [0.3, 0.4) is 0 Å². The highest BCUT2D eigenvalue weighted by atomic mass is 79.9. The summed E-state index contributed by atoms with van der Waals surface area (Å²) in [4.78, 5) is 12.1. The zero-order chi connectivity index (χ0) is 15.6. The van der Waals surface area contributed by atoms with Crippen LogP contribution in [-0.4, -0.2) is 50.9 Å². The van der Waals surface area contributed by atoms with Gasteiger partial charge in [0.25, 0.3) is 10.0 Å². The molecule has 0 aliphatic carbocycles. The van der Waals surface area contributed by atoms with E-state index in [1.165, 1.54) is 15.6 Å². The fourth-order valence-corrected chi connectivity index (χ4v) is 6.11. The van der Waals surface area contributed by atoms with E-state index in [0.29, 0.717) is 26.2 Å². The van der Waals surface area contributed by atoms with Gasteiger partial charge in [-0.15, -0.1) is 11.3 Å². The smallest absolute Gasteiger partial charge is 0.253 e. The van der Waals surface area contributed by atoms with Gasteiger partial charge in [-0.2, -0.15) is 4.31 Å². The lowest BCUT2D eigenvalue weighted by molar-refractivity contribution is -0.125. The molecule has 1 atom stereocenters. The molecule has 1 unspecified atom stereocenters. The van der Waals surface area contributed by atoms with Crippen molar-refractivity contribution in [1.29, 1.82) is 0 Å². The zero-order valence-electron chi connectivity index (χ0n) is 11.8. The average Bonchev–Trinajstić information content (AvgIpc) is 2.80. The molecule has 2 heterocycles. The van der Waals surface area contributed by atoms with Crippen molar-refractivity contribution < 1.29 is 13.2 Å². The Kier molecular flexibility index (Phi) is 5.42. The van der Waals surface area contributed by atoms with Gasteiger partial charge in [0.2, 0.25) is 5.91 Å². The van der Waals surface area contributed by atoms with E-state index >= 15 is 0 Å². The number of sulfonamides is 1. The van der Waals surface area contributed by atoms with E-state index in [1.54, 1.807) is 6.07 Å². The third-order valence-electron chi connectivity index (χ3n) is 3.25. The molecular weight excluding hydrogens is 378 g/mol. The summed E-state index contributed by atoms with van der Waals surface area (Å²) in [6.45, 7) is 5.30. The van der Waals surface area contributed by atoms with E-state index in [2.05, 4.69) is 26.6 Å². The number of nitrogens with one attached hydrogen (secondary N) is 2. The molecule has 1 aliphatic heterocycles. The highest BCUT2D eigenvalue weighted by molar-refractivity contribution is 9.11. The van der Waals surface area contributed by atoms with Gasteiger partial charge in [-0.05, 0) is 41.4 Å². The summed E-state index contributed by atoms with van der Waals surface area (Å²) >= 11 is 4.52. The number of amides is 1. The van der Waals surface area contributed by atoms with Crippen LogP contribution in [0, 0.1) is 6.92 Å². The Balaban J connectivity index is 2.33. The minimum atomic E-state index is -3.66. The van der Waals surface area contributed by atoms with Crippen LogP contribution in [0.4, 0.5) is 0 Å². The topological polar surface area (TPSA) is 78.5 Å². The average molecular weight is 396 g/mol. The predicted octanol–water partition coefficient (Wildman–Crippen LogP) is 0.918. The molecule has 0 bridgehead atoms. The fraction of sp³-hybridized carbons (Fsp3) is 0.583. The monoisotopic (exact) mass is 395 g/mol. The van der Waals surface area contributed by atoms with Crippen LogP contribution in [0.5, 0.6) is 0 Å². The number of piperazine rings is 1. The highest BCUT2D eigenvalue weighted by Gasteiger charge is 2.38. The molecule has 0 aromatic carbocycles. The largest absolute Gasteiger partial charge is 0.355 e. The SMILES string of the molecule is CCNC(=O)C1CNCCN1S(=O)(=O)c1cc(C)c(Br)s1. The van der Waals surface area contributed by atoms with Gasteiger partial charge in [0.1, 0.15) is 10.3 Å². The summed E-state index contributed by atoms with van der Waals surface area (Å²) < 4.78 is 27.9. The molecule has 1 aromatic heterocycles. The number of nitrogens with zero attached hydrogens (tertiary/aromatic N) is 1. The van der Waals surface area contributed by atoms with Crippen molar-refractivity contribution in [2.75, 3.05) is 26.2 Å². The molecule has 0 radical (unpaired) electrons. The molecule has 1 fully saturated rings. The normalized spacial score (nSPS) is 20.4. The molecule has 1 aliphatic rings. The van der Waals surface area contributed by atoms with Crippen molar-refractivity contribution in [2.45, 2.75) is 24.1 Å². The summed E-state index contributed by atoms with van der Waals surface area (Å²) in [5, 5.41) is 5.77. The molecule has 2 N–H and O–H groups in total. The van der Waals surface area contributed by atoms with Crippen molar-refractivity contribution in [3.8, 4) is 0 Å². The van der Waals surface area contributed by atoms with E-state index in [0.717, 1.165) is 9.35 Å². The van der Waals surface area contributed by atoms with Gasteiger partial charge >= 0.3 is 0 Å². The third-order valence-corrected chi connectivity index (χ3v) is 7.74. The van der Waals surface area contributed by atoms with Crippen LogP contribution in [0.1, 0.15) is 12.5 Å². The van der Waals surface area contributed by atoms with Gasteiger partial charge in [0.15, 0.2) is 0 Å². The van der Waals surface area contributed by atoms with Crippen molar-refractivity contribution in [1.82, 2.24) is 14.9 Å². The Bertz CT molecular complexity index is 610. The van der Waals surface area contributed by atoms with Crippen molar-refractivity contribution in [2.24, 2.45) is 0 Å². The second kappa shape index (κ2) is 6.74. The Labute approximate surface area is 137 Å². The summed E-state index contributed by atoms with van der Waals surface area (Å²) in [7, 11) is -3.66. The first-order chi connectivity index (χ1) is 9.87. The minimum Gasteiger partial charge on any atom is -0.355 e. The lowest BCUT2D eigenvalue weighted by Crippen LogP contribution is -2.59. The van der Waals surface area contributed by atoms with Crippen molar-refractivity contribution in [3.63, 3.8) is 0 Å². The lowest BCUT2D eigenvalue weighted by Gasteiger charge is -2.33. The van der Waals surface area contributed by atoms with Gasteiger partial charge in [0.05, 0.1) is 3.79 Å². The Morgan fingerprint density at radius 3 is 2.90 bits per heavy atom. The Hall–Kier alpha value is -0.480. The minimum absolute atomic E-state index is 0.263. The number of rotatable bonds is 4. The number of carbonyl (C=O) groups is 1. The van der Waals surface area contributed by atoms with E-state index in [1.807, 2.05) is 13.8 Å². The quantitative estimate of drug-likeness (QED) is 0.794. The number of halogens is 1. The number of carbonyl (C=O) groups excluding carboxylic acids is 1. The number of hydrogen-bond acceptors (Lipinski definition) is 5. The second-order valence-corrected chi connectivity index (χ2v) is 9.24. The molecule has 1 aromatic rings. The fourth-order valence-electron chi connectivity index (χ4n) is 2.16. The van der Waals surface area contributed by atoms with E-state index in [9.17, 15) is 13.2 Å². The summed E-state index contributed by atoms with van der Waals surface area (Å²) in [5.74, 6) is -0.263. The molecule has 0 spiro atoms. The third kappa shape index (κ3) is 3.48. The Morgan fingerprint density at radius 1 is 1.62 bits per heavy atom. The van der Waals surface area contributed by atoms with Gasteiger partial charge in [-0.3, -0.25) is 4.79 Å². The maximum absolute atomic E-state index is 12.8. The van der Waals surface area contributed by atoms with Crippen LogP contribution in [-0.2, 0) is 14.8 Å². The number of likely N-dealkylation sites (N-methyl/N-ethyl adjacent to an activating group) is 1. The maximum atomic E-state index is 12.8. The van der Waals surface area contributed by atoms with E-state index < -0.39 is 16.1 Å². The maximum Gasteiger partial charge on any atom is 0.253 e. The van der Waals surface area contributed by atoms with Crippen molar-refractivity contribution >= 4 is 43.2 Å². The zero-order valence-corrected chi connectivity index (χ0v) is 15.1. The standard InChI is InChI=1S/C12H18BrN3O3S2/c1-3-15-12(17)9-7-14-4-5-16(9)21(18,19)10-6-8(2)11(13)20-10/h6,9,14H,3-5,7H2,1-2H3,(H,15,17). The first kappa shape index (κ1) is 16.9. The molecule has 6 nitrogen and oxygen atoms in total. The van der Waals surface area contributed by atoms with Gasteiger partial charge in [-0.25, -0.2) is 8.42 Å². The molecular formula is C12H18BrN3O3S2. The summed E-state index contributed by atoms with van der Waals surface area (Å²) in [6, 6.07) is 0.936. The number of thiophene rings is 1. The molecule has 9 heteroatoms. The number of aryl methyl sites for hydroxylation is 1. The summed E-state index contributed by atoms with van der Waals surface area (Å²) in [6.07, 6.45) is 0.